The van der Waals surface area contributed by atoms with Crippen molar-refractivity contribution in [1.29, 1.82) is 0 Å². The number of carbonyl (C=O) groups excluding carboxylic acids is 2. The topological polar surface area (TPSA) is 78.4 Å². The van der Waals surface area contributed by atoms with E-state index in [4.69, 9.17) is 0 Å². The Morgan fingerprint density at radius 1 is 1.14 bits per heavy atom. The molecule has 0 atom stereocenters. The number of amides is 3. The predicted molar refractivity (Wildman–Crippen MR) is 83.8 cm³/mol. The standard InChI is InChI=1S/C14H21N5O2S/c1-10-15-13(22-17-10)16-14(21)19-8-4-11(5-9-19)12(20)18-6-2-3-7-18/h11H,2-9H2,1H3,(H,15,16,17,21). The second-order valence-electron chi connectivity index (χ2n) is 5.87. The minimum Gasteiger partial charge on any atom is -0.342 e. The molecule has 7 nitrogen and oxygen atoms in total. The Bertz CT molecular complexity index is 547. The molecular weight excluding hydrogens is 302 g/mol. The highest BCUT2D eigenvalue weighted by atomic mass is 32.1. The highest BCUT2D eigenvalue weighted by Gasteiger charge is 2.31. The quantitative estimate of drug-likeness (QED) is 0.899. The first-order chi connectivity index (χ1) is 10.6. The summed E-state index contributed by atoms with van der Waals surface area (Å²) in [7, 11) is 0. The fraction of sp³-hybridized carbons (Fsp3) is 0.714. The Labute approximate surface area is 133 Å². The number of anilines is 1. The number of piperidine rings is 1. The zero-order chi connectivity index (χ0) is 15.5. The van der Waals surface area contributed by atoms with Crippen LogP contribution in [0.25, 0.3) is 0 Å². The van der Waals surface area contributed by atoms with Crippen molar-refractivity contribution in [3.05, 3.63) is 5.82 Å². The van der Waals surface area contributed by atoms with Crippen molar-refractivity contribution in [3.8, 4) is 0 Å². The number of hydrogen-bond acceptors (Lipinski definition) is 5. The summed E-state index contributed by atoms with van der Waals surface area (Å²) in [5.74, 6) is 1.01. The second kappa shape index (κ2) is 6.60. The van der Waals surface area contributed by atoms with E-state index in [9.17, 15) is 9.59 Å². The van der Waals surface area contributed by atoms with Gasteiger partial charge in [-0.15, -0.1) is 0 Å². The van der Waals surface area contributed by atoms with E-state index < -0.39 is 0 Å². The number of aryl methyl sites for hydroxylation is 1. The van der Waals surface area contributed by atoms with Gasteiger partial charge in [-0.2, -0.15) is 4.37 Å². The molecule has 2 aliphatic rings. The minimum absolute atomic E-state index is 0.0749. The van der Waals surface area contributed by atoms with E-state index in [2.05, 4.69) is 14.7 Å². The first-order valence-electron chi connectivity index (χ1n) is 7.78. The molecule has 8 heteroatoms. The number of nitrogens with one attached hydrogen (secondary N) is 1. The highest BCUT2D eigenvalue weighted by Crippen LogP contribution is 2.22. The molecule has 1 N–H and O–H groups in total. The van der Waals surface area contributed by atoms with Crippen LogP contribution in [0, 0.1) is 12.8 Å². The van der Waals surface area contributed by atoms with E-state index in [0.29, 0.717) is 24.0 Å². The molecule has 1 aromatic heterocycles. The lowest BCUT2D eigenvalue weighted by atomic mass is 9.95. The summed E-state index contributed by atoms with van der Waals surface area (Å²) in [5.41, 5.74) is 0. The number of rotatable bonds is 2. The Hall–Kier alpha value is -1.70. The van der Waals surface area contributed by atoms with E-state index in [1.165, 1.54) is 11.5 Å². The molecule has 3 amide bonds. The Morgan fingerprint density at radius 2 is 1.82 bits per heavy atom. The van der Waals surface area contributed by atoms with E-state index in [1.807, 2.05) is 4.90 Å². The molecule has 0 spiro atoms. The van der Waals surface area contributed by atoms with Crippen molar-refractivity contribution in [3.63, 3.8) is 0 Å². The van der Waals surface area contributed by atoms with Crippen molar-refractivity contribution in [2.75, 3.05) is 31.5 Å². The van der Waals surface area contributed by atoms with E-state index in [1.54, 1.807) is 11.8 Å². The molecule has 2 aliphatic heterocycles. The largest absolute Gasteiger partial charge is 0.342 e. The van der Waals surface area contributed by atoms with Gasteiger partial charge in [-0.3, -0.25) is 10.1 Å². The van der Waals surface area contributed by atoms with Gasteiger partial charge in [0, 0.05) is 43.6 Å². The molecule has 1 aromatic rings. The summed E-state index contributed by atoms with van der Waals surface area (Å²) < 4.78 is 4.04. The summed E-state index contributed by atoms with van der Waals surface area (Å²) in [6.07, 6.45) is 3.73. The number of carbonyl (C=O) groups is 2. The van der Waals surface area contributed by atoms with Gasteiger partial charge in [0.1, 0.15) is 5.82 Å². The van der Waals surface area contributed by atoms with Crippen molar-refractivity contribution in [2.45, 2.75) is 32.6 Å². The fourth-order valence-electron chi connectivity index (χ4n) is 3.04. The monoisotopic (exact) mass is 323 g/mol. The normalized spacial score (nSPS) is 19.5. The molecule has 3 rings (SSSR count). The number of urea groups is 1. The lowest BCUT2D eigenvalue weighted by molar-refractivity contribution is -0.135. The average Bonchev–Trinajstić information content (AvgIpc) is 3.18. The van der Waals surface area contributed by atoms with Gasteiger partial charge < -0.3 is 9.80 Å². The van der Waals surface area contributed by atoms with Gasteiger partial charge >= 0.3 is 6.03 Å². The molecule has 0 saturated carbocycles. The SMILES string of the molecule is Cc1nsc(NC(=O)N2CCC(C(=O)N3CCCC3)CC2)n1. The Kier molecular flexibility index (Phi) is 4.56. The molecule has 2 saturated heterocycles. The van der Waals surface area contributed by atoms with Crippen LogP contribution in [0.4, 0.5) is 9.93 Å². The van der Waals surface area contributed by atoms with Crippen molar-refractivity contribution in [2.24, 2.45) is 5.92 Å². The van der Waals surface area contributed by atoms with Crippen LogP contribution in [0.1, 0.15) is 31.5 Å². The van der Waals surface area contributed by atoms with Gasteiger partial charge in [-0.05, 0) is 32.6 Å². The van der Waals surface area contributed by atoms with Gasteiger partial charge in [0.2, 0.25) is 11.0 Å². The molecule has 0 radical (unpaired) electrons. The molecular formula is C14H21N5O2S. The zero-order valence-corrected chi connectivity index (χ0v) is 13.6. The van der Waals surface area contributed by atoms with Crippen molar-refractivity contribution < 1.29 is 9.59 Å². The summed E-state index contributed by atoms with van der Waals surface area (Å²) in [5, 5.41) is 3.29. The maximum Gasteiger partial charge on any atom is 0.323 e. The Balaban J connectivity index is 1.48. The first-order valence-corrected chi connectivity index (χ1v) is 8.56. The second-order valence-corrected chi connectivity index (χ2v) is 6.62. The zero-order valence-electron chi connectivity index (χ0n) is 12.7. The van der Waals surface area contributed by atoms with Crippen LogP contribution in [0.5, 0.6) is 0 Å². The molecule has 22 heavy (non-hydrogen) atoms. The fourth-order valence-corrected chi connectivity index (χ4v) is 3.61. The van der Waals surface area contributed by atoms with Gasteiger partial charge in [0.05, 0.1) is 0 Å². The van der Waals surface area contributed by atoms with Crippen molar-refractivity contribution >= 4 is 28.6 Å². The molecule has 0 bridgehead atoms. The number of aromatic nitrogens is 2. The maximum atomic E-state index is 12.4. The predicted octanol–water partition coefficient (Wildman–Crippen LogP) is 1.71. The average molecular weight is 323 g/mol. The maximum absolute atomic E-state index is 12.4. The first kappa shape index (κ1) is 15.2. The third-order valence-corrected chi connectivity index (χ3v) is 5.01. The number of likely N-dealkylation sites (tertiary alicyclic amines) is 2. The summed E-state index contributed by atoms with van der Waals surface area (Å²) in [6.45, 7) is 4.83. The van der Waals surface area contributed by atoms with Crippen LogP contribution in [0.2, 0.25) is 0 Å². The van der Waals surface area contributed by atoms with Gasteiger partial charge in [0.15, 0.2) is 0 Å². The van der Waals surface area contributed by atoms with Gasteiger partial charge in [-0.25, -0.2) is 9.78 Å². The molecule has 120 valence electrons. The molecule has 3 heterocycles. The van der Waals surface area contributed by atoms with E-state index in [-0.39, 0.29) is 17.9 Å². The smallest absolute Gasteiger partial charge is 0.323 e. The molecule has 2 fully saturated rings. The van der Waals surface area contributed by atoms with Crippen molar-refractivity contribution in [1.82, 2.24) is 19.2 Å². The number of nitrogens with zero attached hydrogens (tertiary/aromatic N) is 4. The highest BCUT2D eigenvalue weighted by molar-refractivity contribution is 7.09. The third-order valence-electron chi connectivity index (χ3n) is 4.29. The lowest BCUT2D eigenvalue weighted by Crippen LogP contribution is -2.45. The summed E-state index contributed by atoms with van der Waals surface area (Å²) in [6, 6.07) is -0.150. The molecule has 0 unspecified atom stereocenters. The van der Waals surface area contributed by atoms with Crippen LogP contribution in [0.3, 0.4) is 0 Å². The third kappa shape index (κ3) is 3.37. The van der Waals surface area contributed by atoms with Crippen LogP contribution in [-0.2, 0) is 4.79 Å². The van der Waals surface area contributed by atoms with Crippen LogP contribution < -0.4 is 5.32 Å². The lowest BCUT2D eigenvalue weighted by Gasteiger charge is -2.32. The molecule has 0 aliphatic carbocycles. The van der Waals surface area contributed by atoms with Crippen LogP contribution in [0.15, 0.2) is 0 Å². The number of hydrogen-bond donors (Lipinski definition) is 1. The van der Waals surface area contributed by atoms with Crippen LogP contribution in [-0.4, -0.2) is 57.3 Å². The minimum atomic E-state index is -0.150. The van der Waals surface area contributed by atoms with E-state index >= 15 is 0 Å². The van der Waals surface area contributed by atoms with E-state index in [0.717, 1.165) is 38.8 Å². The van der Waals surface area contributed by atoms with Gasteiger partial charge in [-0.1, -0.05) is 0 Å². The Morgan fingerprint density at radius 3 is 2.41 bits per heavy atom. The summed E-state index contributed by atoms with van der Waals surface area (Å²) >= 11 is 1.18. The molecule has 0 aromatic carbocycles. The summed E-state index contributed by atoms with van der Waals surface area (Å²) in [4.78, 5) is 32.4. The van der Waals surface area contributed by atoms with Gasteiger partial charge in [0.25, 0.3) is 0 Å². The van der Waals surface area contributed by atoms with Crippen LogP contribution >= 0.6 is 11.5 Å².